The average Bonchev–Trinajstić information content (AvgIpc) is 3.29. The summed E-state index contributed by atoms with van der Waals surface area (Å²) in [7, 11) is 3.50. The number of aryl methyl sites for hydroxylation is 1. The molecule has 1 aromatic carbocycles. The summed E-state index contributed by atoms with van der Waals surface area (Å²) in [5.41, 5.74) is 2.48. The van der Waals surface area contributed by atoms with Gasteiger partial charge in [0.25, 0.3) is 0 Å². The molecule has 0 radical (unpaired) electrons. The number of amides is 1. The molecule has 1 amide bonds. The van der Waals surface area contributed by atoms with E-state index in [9.17, 15) is 4.79 Å². The number of guanidine groups is 1. The van der Waals surface area contributed by atoms with E-state index in [1.54, 1.807) is 30.3 Å². The number of thiophene rings is 1. The lowest BCUT2D eigenvalue weighted by molar-refractivity contribution is -0.127. The van der Waals surface area contributed by atoms with Crippen LogP contribution in [0.3, 0.4) is 0 Å². The van der Waals surface area contributed by atoms with Crippen molar-refractivity contribution in [2.75, 3.05) is 40.3 Å². The normalized spacial score (nSPS) is 19.1. The van der Waals surface area contributed by atoms with Gasteiger partial charge in [0.1, 0.15) is 6.54 Å². The van der Waals surface area contributed by atoms with E-state index in [0.29, 0.717) is 11.9 Å². The van der Waals surface area contributed by atoms with Gasteiger partial charge in [0, 0.05) is 44.6 Å². The van der Waals surface area contributed by atoms with Gasteiger partial charge in [0.2, 0.25) is 5.91 Å². The van der Waals surface area contributed by atoms with E-state index < -0.39 is 0 Å². The molecule has 6 nitrogen and oxygen atoms in total. The van der Waals surface area contributed by atoms with E-state index >= 15 is 0 Å². The van der Waals surface area contributed by atoms with Crippen molar-refractivity contribution >= 4 is 23.2 Å². The Kier molecular flexibility index (Phi) is 8.91. The van der Waals surface area contributed by atoms with Gasteiger partial charge in [-0.2, -0.15) is 0 Å². The van der Waals surface area contributed by atoms with Crippen LogP contribution >= 0.6 is 11.3 Å². The number of nitrogens with one attached hydrogen (secondary N) is 2. The van der Waals surface area contributed by atoms with Crippen molar-refractivity contribution in [2.45, 2.75) is 32.3 Å². The van der Waals surface area contributed by atoms with Crippen LogP contribution in [0.5, 0.6) is 0 Å². The number of benzene rings is 1. The predicted molar refractivity (Wildman–Crippen MR) is 128 cm³/mol. The van der Waals surface area contributed by atoms with Gasteiger partial charge >= 0.3 is 0 Å². The monoisotopic (exact) mass is 442 g/mol. The molecule has 2 N–H and O–H groups in total. The molecule has 1 aromatic heterocycles. The lowest BCUT2D eigenvalue weighted by Gasteiger charge is -2.32. The zero-order valence-electron chi connectivity index (χ0n) is 18.8. The molecule has 0 spiro atoms. The molecule has 168 valence electrons. The Morgan fingerprint density at radius 2 is 2.03 bits per heavy atom. The third-order valence-electron chi connectivity index (χ3n) is 5.50. The van der Waals surface area contributed by atoms with Gasteiger partial charge in [-0.25, -0.2) is 4.99 Å². The van der Waals surface area contributed by atoms with Crippen molar-refractivity contribution in [3.05, 3.63) is 57.8 Å². The predicted octanol–water partition coefficient (Wildman–Crippen LogP) is 3.39. The van der Waals surface area contributed by atoms with Crippen LogP contribution in [-0.4, -0.2) is 57.1 Å². The van der Waals surface area contributed by atoms with Crippen LogP contribution in [0.15, 0.2) is 46.8 Å². The number of rotatable bonds is 8. The highest BCUT2D eigenvalue weighted by Gasteiger charge is 2.27. The lowest BCUT2D eigenvalue weighted by Crippen LogP contribution is -2.43. The number of ether oxygens (including phenoxy) is 1. The molecule has 0 aliphatic carbocycles. The molecule has 2 heterocycles. The minimum atomic E-state index is -0.0158. The van der Waals surface area contributed by atoms with E-state index in [1.165, 1.54) is 16.0 Å². The maximum atomic E-state index is 12.0. The average molecular weight is 443 g/mol. The molecule has 0 bridgehead atoms. The summed E-state index contributed by atoms with van der Waals surface area (Å²) in [4.78, 5) is 19.4. The number of carbonyl (C=O) groups is 1. The Balaban J connectivity index is 1.61. The third kappa shape index (κ3) is 7.36. The maximum Gasteiger partial charge on any atom is 0.243 e. The summed E-state index contributed by atoms with van der Waals surface area (Å²) >= 11 is 1.75. The lowest BCUT2D eigenvalue weighted by atomic mass is 9.89. The van der Waals surface area contributed by atoms with Gasteiger partial charge in [0.05, 0.1) is 6.10 Å². The van der Waals surface area contributed by atoms with E-state index in [4.69, 9.17) is 4.74 Å². The van der Waals surface area contributed by atoms with Crippen LogP contribution in [-0.2, 0) is 16.0 Å². The Morgan fingerprint density at radius 3 is 2.74 bits per heavy atom. The quantitative estimate of drug-likeness (QED) is 0.486. The van der Waals surface area contributed by atoms with Crippen LogP contribution in [0.2, 0.25) is 0 Å². The fourth-order valence-electron chi connectivity index (χ4n) is 3.63. The molecule has 1 aliphatic rings. The first-order valence-corrected chi connectivity index (χ1v) is 11.8. The molecule has 2 aromatic rings. The van der Waals surface area contributed by atoms with Crippen molar-refractivity contribution in [3.8, 4) is 0 Å². The molecule has 7 heteroatoms. The molecule has 2 atom stereocenters. The molecule has 1 saturated heterocycles. The molecule has 1 aliphatic heterocycles. The highest BCUT2D eigenvalue weighted by Crippen LogP contribution is 2.33. The molecule has 1 fully saturated rings. The minimum Gasteiger partial charge on any atom is -0.373 e. The van der Waals surface area contributed by atoms with E-state index in [1.807, 2.05) is 0 Å². The first-order chi connectivity index (χ1) is 15.0. The number of hydrogen-bond acceptors (Lipinski definition) is 4. The van der Waals surface area contributed by atoms with Gasteiger partial charge in [-0.1, -0.05) is 35.9 Å². The Morgan fingerprint density at radius 1 is 1.23 bits per heavy atom. The first kappa shape index (κ1) is 23.3. The highest BCUT2D eigenvalue weighted by molar-refractivity contribution is 7.09. The van der Waals surface area contributed by atoms with E-state index in [-0.39, 0.29) is 18.6 Å². The van der Waals surface area contributed by atoms with Gasteiger partial charge in [-0.15, -0.1) is 11.3 Å². The second-order valence-electron chi connectivity index (χ2n) is 8.19. The second kappa shape index (κ2) is 11.9. The largest absolute Gasteiger partial charge is 0.373 e. The summed E-state index contributed by atoms with van der Waals surface area (Å²) < 4.78 is 6.15. The number of hydrogen-bond donors (Lipinski definition) is 2. The fraction of sp³-hybridized carbons (Fsp3) is 0.500. The van der Waals surface area contributed by atoms with Gasteiger partial charge in [-0.3, -0.25) is 4.79 Å². The summed E-state index contributed by atoms with van der Waals surface area (Å²) in [6.07, 6.45) is 3.17. The maximum absolute atomic E-state index is 12.0. The topological polar surface area (TPSA) is 66.0 Å². The molecular formula is C24H34N4O2S. The number of likely N-dealkylation sites (N-methyl/N-ethyl adjacent to an activating group) is 1. The van der Waals surface area contributed by atoms with Crippen molar-refractivity contribution in [1.82, 2.24) is 15.5 Å². The van der Waals surface area contributed by atoms with Gasteiger partial charge in [-0.05, 0) is 43.2 Å². The molecule has 31 heavy (non-hydrogen) atoms. The van der Waals surface area contributed by atoms with Gasteiger partial charge in [0.15, 0.2) is 5.96 Å². The van der Waals surface area contributed by atoms with Crippen LogP contribution in [0.4, 0.5) is 0 Å². The van der Waals surface area contributed by atoms with Crippen LogP contribution < -0.4 is 10.6 Å². The molecule has 0 saturated carbocycles. The van der Waals surface area contributed by atoms with Crippen molar-refractivity contribution in [2.24, 2.45) is 10.9 Å². The summed E-state index contributed by atoms with van der Waals surface area (Å²) in [5, 5.41) is 8.94. The SMILES string of the molecule is Cc1ccc(C2OCCCC2CNC(=NCC(=O)N(C)C)NCCc2cccs2)cc1. The molecule has 3 rings (SSSR count). The van der Waals surface area contributed by atoms with Crippen molar-refractivity contribution < 1.29 is 9.53 Å². The summed E-state index contributed by atoms with van der Waals surface area (Å²) in [5.74, 6) is 1.02. The number of nitrogens with zero attached hydrogens (tertiary/aromatic N) is 2. The molecular weight excluding hydrogens is 408 g/mol. The van der Waals surface area contributed by atoms with Gasteiger partial charge < -0.3 is 20.3 Å². The Bertz CT molecular complexity index is 834. The Hall–Kier alpha value is -2.38. The highest BCUT2D eigenvalue weighted by atomic mass is 32.1. The number of carbonyl (C=O) groups excluding carboxylic acids is 1. The van der Waals surface area contributed by atoms with E-state index in [2.05, 4.69) is 64.3 Å². The van der Waals surface area contributed by atoms with E-state index in [0.717, 1.165) is 39.0 Å². The molecule has 2 unspecified atom stereocenters. The first-order valence-electron chi connectivity index (χ1n) is 11.0. The third-order valence-corrected chi connectivity index (χ3v) is 6.43. The number of aliphatic imine (C=N–C) groups is 1. The summed E-state index contributed by atoms with van der Waals surface area (Å²) in [6.45, 7) is 4.55. The fourth-order valence-corrected chi connectivity index (χ4v) is 4.33. The van der Waals surface area contributed by atoms with Crippen LogP contribution in [0.25, 0.3) is 0 Å². The van der Waals surface area contributed by atoms with Crippen LogP contribution in [0.1, 0.15) is 34.9 Å². The van der Waals surface area contributed by atoms with Crippen molar-refractivity contribution in [1.29, 1.82) is 0 Å². The van der Waals surface area contributed by atoms with Crippen LogP contribution in [0, 0.1) is 12.8 Å². The zero-order chi connectivity index (χ0) is 22.1. The second-order valence-corrected chi connectivity index (χ2v) is 9.23. The Labute approximate surface area is 189 Å². The standard InChI is InChI=1S/C24H34N4O2S/c1-18-8-10-19(11-9-18)23-20(6-4-14-30-23)16-26-24(27-17-22(29)28(2)3)25-13-12-21-7-5-15-31-21/h5,7-11,15,20,23H,4,6,12-14,16-17H2,1-3H3,(H2,25,26,27). The zero-order valence-corrected chi connectivity index (χ0v) is 19.6. The minimum absolute atomic E-state index is 0.0158. The summed E-state index contributed by atoms with van der Waals surface area (Å²) in [6, 6.07) is 12.8. The smallest absolute Gasteiger partial charge is 0.243 e. The van der Waals surface area contributed by atoms with Crippen molar-refractivity contribution in [3.63, 3.8) is 0 Å².